The number of aromatic nitrogens is 2. The molecule has 4 aromatic rings. The normalized spacial score (nSPS) is 13.6. The average Bonchev–Trinajstić information content (AvgIpc) is 3.44. The largest absolute Gasteiger partial charge is 0.378 e. The van der Waals surface area contributed by atoms with Gasteiger partial charge in [0.1, 0.15) is 5.00 Å². The Morgan fingerprint density at radius 2 is 1.63 bits per heavy atom. The topological polar surface area (TPSA) is 76.5 Å². The Bertz CT molecular complexity index is 1360. The van der Waals surface area contributed by atoms with E-state index in [0.29, 0.717) is 42.4 Å². The van der Waals surface area contributed by atoms with Crippen LogP contribution in [0, 0.1) is 13.8 Å². The van der Waals surface area contributed by atoms with Crippen LogP contribution in [-0.4, -0.2) is 52.8 Å². The highest BCUT2D eigenvalue weighted by Gasteiger charge is 2.28. The molecule has 2 amide bonds. The van der Waals surface area contributed by atoms with Crippen LogP contribution in [0.4, 0.5) is 5.00 Å². The summed E-state index contributed by atoms with van der Waals surface area (Å²) >= 11 is 1.43. The van der Waals surface area contributed by atoms with Gasteiger partial charge in [-0.2, -0.15) is 5.10 Å². The van der Waals surface area contributed by atoms with Crippen LogP contribution in [-0.2, 0) is 4.74 Å². The van der Waals surface area contributed by atoms with Crippen molar-refractivity contribution in [2.75, 3.05) is 31.6 Å². The van der Waals surface area contributed by atoms with E-state index < -0.39 is 0 Å². The number of rotatable bonds is 5. The number of benzene rings is 2. The molecular weight excluding hydrogens is 460 g/mol. The van der Waals surface area contributed by atoms with Gasteiger partial charge >= 0.3 is 0 Å². The molecular formula is C27H26N4O3S. The Balaban J connectivity index is 1.51. The van der Waals surface area contributed by atoms with Gasteiger partial charge in [-0.15, -0.1) is 11.3 Å². The second-order valence-electron chi connectivity index (χ2n) is 8.38. The number of thiophene rings is 1. The number of ether oxygens (including phenoxy) is 1. The zero-order valence-electron chi connectivity index (χ0n) is 19.7. The maximum atomic E-state index is 13.6. The third kappa shape index (κ3) is 4.50. The maximum Gasteiger partial charge on any atom is 0.259 e. The number of anilines is 1. The van der Waals surface area contributed by atoms with Gasteiger partial charge in [0.05, 0.1) is 41.9 Å². The first-order chi connectivity index (χ1) is 17.0. The number of carbonyl (C=O) groups excluding carboxylic acids is 2. The fourth-order valence-corrected chi connectivity index (χ4v) is 5.48. The molecule has 1 saturated heterocycles. The first kappa shape index (κ1) is 23.0. The standard InChI is InChI=1S/C27H26N4O3S/c1-18-23(27(33)30-13-15-34-16-14-30)26(35-24(18)20-9-5-3-6-10-20)29-25(32)22-17-28-31(19(22)2)21-11-7-4-8-12-21/h3-12,17H,13-16H2,1-2H3,(H,29,32). The molecule has 2 aromatic heterocycles. The SMILES string of the molecule is Cc1c(-c2ccccc2)sc(NC(=O)c2cnn(-c3ccccc3)c2C)c1C(=O)N1CCOCC1. The van der Waals surface area contributed by atoms with Crippen LogP contribution < -0.4 is 5.32 Å². The highest BCUT2D eigenvalue weighted by atomic mass is 32.1. The van der Waals surface area contributed by atoms with Gasteiger partial charge in [-0.25, -0.2) is 4.68 Å². The number of nitrogens with zero attached hydrogens (tertiary/aromatic N) is 3. The average molecular weight is 487 g/mol. The highest BCUT2D eigenvalue weighted by molar-refractivity contribution is 7.20. The fraction of sp³-hybridized carbons (Fsp3) is 0.222. The second-order valence-corrected chi connectivity index (χ2v) is 9.40. The van der Waals surface area contributed by atoms with E-state index in [1.165, 1.54) is 11.3 Å². The molecule has 178 valence electrons. The van der Waals surface area contributed by atoms with Crippen LogP contribution in [0.1, 0.15) is 32.0 Å². The number of nitrogens with one attached hydrogen (secondary N) is 1. The summed E-state index contributed by atoms with van der Waals surface area (Å²) in [7, 11) is 0. The van der Waals surface area contributed by atoms with E-state index >= 15 is 0 Å². The second kappa shape index (κ2) is 9.85. The molecule has 1 aliphatic rings. The summed E-state index contributed by atoms with van der Waals surface area (Å²) in [5.74, 6) is -0.377. The Hall–Kier alpha value is -3.75. The molecule has 1 fully saturated rings. The van der Waals surface area contributed by atoms with Gasteiger partial charge in [-0.3, -0.25) is 9.59 Å². The lowest BCUT2D eigenvalue weighted by atomic mass is 10.1. The molecule has 8 heteroatoms. The third-order valence-corrected chi connectivity index (χ3v) is 7.43. The zero-order chi connectivity index (χ0) is 24.4. The van der Waals surface area contributed by atoms with Crippen molar-refractivity contribution in [1.82, 2.24) is 14.7 Å². The Morgan fingerprint density at radius 1 is 0.971 bits per heavy atom. The van der Waals surface area contributed by atoms with E-state index in [1.807, 2.05) is 74.5 Å². The number of hydrogen-bond donors (Lipinski definition) is 1. The van der Waals surface area contributed by atoms with E-state index in [4.69, 9.17) is 4.74 Å². The van der Waals surface area contributed by atoms with Gasteiger partial charge in [-0.1, -0.05) is 48.5 Å². The summed E-state index contributed by atoms with van der Waals surface area (Å²) in [6, 6.07) is 19.6. The van der Waals surface area contributed by atoms with Crippen molar-refractivity contribution in [3.8, 4) is 16.1 Å². The van der Waals surface area contributed by atoms with Gasteiger partial charge < -0.3 is 15.0 Å². The minimum Gasteiger partial charge on any atom is -0.378 e. The lowest BCUT2D eigenvalue weighted by molar-refractivity contribution is 0.0303. The van der Waals surface area contributed by atoms with E-state index in [1.54, 1.807) is 15.8 Å². The highest BCUT2D eigenvalue weighted by Crippen LogP contribution is 2.41. The van der Waals surface area contributed by atoms with Gasteiger partial charge in [0.15, 0.2) is 0 Å². The predicted octanol–water partition coefficient (Wildman–Crippen LogP) is 4.94. The first-order valence-electron chi connectivity index (χ1n) is 11.5. The van der Waals surface area contributed by atoms with Crippen LogP contribution >= 0.6 is 11.3 Å². The molecule has 2 aromatic carbocycles. The maximum absolute atomic E-state index is 13.6. The molecule has 5 rings (SSSR count). The summed E-state index contributed by atoms with van der Waals surface area (Å²) < 4.78 is 7.16. The molecule has 0 unspecified atom stereocenters. The molecule has 0 bridgehead atoms. The van der Waals surface area contributed by atoms with Crippen LogP contribution in [0.15, 0.2) is 66.9 Å². The number of amides is 2. The number of morpholine rings is 1. The van der Waals surface area contributed by atoms with Crippen LogP contribution in [0.2, 0.25) is 0 Å². The lowest BCUT2D eigenvalue weighted by Crippen LogP contribution is -2.41. The molecule has 35 heavy (non-hydrogen) atoms. The van der Waals surface area contributed by atoms with Gasteiger partial charge in [0, 0.05) is 18.0 Å². The molecule has 0 aliphatic carbocycles. The monoisotopic (exact) mass is 486 g/mol. The van der Waals surface area contributed by atoms with E-state index in [0.717, 1.165) is 27.4 Å². The Labute approximate surface area is 208 Å². The summed E-state index contributed by atoms with van der Waals surface area (Å²) in [5.41, 5.74) is 4.49. The van der Waals surface area contributed by atoms with Gasteiger partial charge in [0.25, 0.3) is 11.8 Å². The summed E-state index contributed by atoms with van der Waals surface area (Å²) in [4.78, 5) is 29.7. The molecule has 0 atom stereocenters. The first-order valence-corrected chi connectivity index (χ1v) is 12.3. The van der Waals surface area contributed by atoms with E-state index in [9.17, 15) is 9.59 Å². The van der Waals surface area contributed by atoms with Crippen molar-refractivity contribution in [3.05, 3.63) is 89.2 Å². The van der Waals surface area contributed by atoms with Crippen molar-refractivity contribution < 1.29 is 14.3 Å². The Kier molecular flexibility index (Phi) is 6.48. The van der Waals surface area contributed by atoms with Crippen LogP contribution in [0.25, 0.3) is 16.1 Å². The van der Waals surface area contributed by atoms with Crippen molar-refractivity contribution >= 4 is 28.2 Å². The fourth-order valence-electron chi connectivity index (χ4n) is 4.28. The number of hydrogen-bond acceptors (Lipinski definition) is 5. The Morgan fingerprint density at radius 3 is 2.31 bits per heavy atom. The summed E-state index contributed by atoms with van der Waals surface area (Å²) in [6.45, 7) is 5.90. The zero-order valence-corrected chi connectivity index (χ0v) is 20.5. The van der Waals surface area contributed by atoms with Crippen LogP contribution in [0.5, 0.6) is 0 Å². The smallest absolute Gasteiger partial charge is 0.259 e. The molecule has 1 aliphatic heterocycles. The minimum absolute atomic E-state index is 0.0868. The number of para-hydroxylation sites is 1. The van der Waals surface area contributed by atoms with Crippen LogP contribution in [0.3, 0.4) is 0 Å². The van der Waals surface area contributed by atoms with Gasteiger partial charge in [0.2, 0.25) is 0 Å². The van der Waals surface area contributed by atoms with E-state index in [2.05, 4.69) is 10.4 Å². The molecule has 0 radical (unpaired) electrons. The minimum atomic E-state index is -0.290. The molecule has 3 heterocycles. The quantitative estimate of drug-likeness (QED) is 0.433. The molecule has 0 spiro atoms. The summed E-state index contributed by atoms with van der Waals surface area (Å²) in [6.07, 6.45) is 1.57. The van der Waals surface area contributed by atoms with Crippen molar-refractivity contribution in [2.24, 2.45) is 0 Å². The van der Waals surface area contributed by atoms with Crippen molar-refractivity contribution in [3.63, 3.8) is 0 Å². The molecule has 0 saturated carbocycles. The van der Waals surface area contributed by atoms with Crippen molar-refractivity contribution in [2.45, 2.75) is 13.8 Å². The summed E-state index contributed by atoms with van der Waals surface area (Å²) in [5, 5.41) is 8.00. The lowest BCUT2D eigenvalue weighted by Gasteiger charge is -2.27. The van der Waals surface area contributed by atoms with Crippen molar-refractivity contribution in [1.29, 1.82) is 0 Å². The van der Waals surface area contributed by atoms with E-state index in [-0.39, 0.29) is 11.8 Å². The number of carbonyl (C=O) groups is 2. The molecule has 7 nitrogen and oxygen atoms in total. The third-order valence-electron chi connectivity index (χ3n) is 6.18. The predicted molar refractivity (Wildman–Crippen MR) is 137 cm³/mol. The van der Waals surface area contributed by atoms with Gasteiger partial charge in [-0.05, 0) is 37.1 Å². The molecule has 1 N–H and O–H groups in total.